The van der Waals surface area contributed by atoms with Crippen LogP contribution in [0.2, 0.25) is 0 Å². The van der Waals surface area contributed by atoms with Crippen LogP contribution in [0.4, 0.5) is 0 Å². The molecule has 0 fully saturated rings. The summed E-state index contributed by atoms with van der Waals surface area (Å²) < 4.78 is 0.964. The maximum absolute atomic E-state index is 11.7. The molecule has 0 saturated heterocycles. The molecule has 0 unspecified atom stereocenters. The highest BCUT2D eigenvalue weighted by Gasteiger charge is 1.98. The van der Waals surface area contributed by atoms with Crippen LogP contribution in [0.5, 0.6) is 0 Å². The van der Waals surface area contributed by atoms with Crippen LogP contribution in [0.15, 0.2) is 59.3 Å². The molecule has 4 heteroatoms. The molecule has 1 aromatic carbocycles. The second kappa shape index (κ2) is 6.85. The standard InChI is InChI=1S/C15H13BrN2O/c16-14-6-2-1-5-13(14)7-8-15(19)18-11-12-4-3-9-17-10-12/h1-10H,11H2,(H,18,19)/b8-7+. The van der Waals surface area contributed by atoms with Crippen molar-refractivity contribution in [1.29, 1.82) is 0 Å². The molecular formula is C15H13BrN2O. The number of benzene rings is 1. The van der Waals surface area contributed by atoms with Gasteiger partial charge in [0.2, 0.25) is 5.91 Å². The number of carbonyl (C=O) groups is 1. The Hall–Kier alpha value is -1.94. The number of halogens is 1. The Morgan fingerprint density at radius 2 is 2.11 bits per heavy atom. The van der Waals surface area contributed by atoms with Crippen LogP contribution < -0.4 is 5.32 Å². The first kappa shape index (κ1) is 13.5. The molecule has 3 nitrogen and oxygen atoms in total. The molecule has 1 amide bonds. The number of hydrogen-bond donors (Lipinski definition) is 1. The van der Waals surface area contributed by atoms with Gasteiger partial charge < -0.3 is 5.32 Å². The SMILES string of the molecule is O=C(/C=C/c1ccccc1Br)NCc1cccnc1. The van der Waals surface area contributed by atoms with Crippen LogP contribution in [0.3, 0.4) is 0 Å². The van der Waals surface area contributed by atoms with Crippen LogP contribution in [-0.2, 0) is 11.3 Å². The zero-order valence-corrected chi connectivity index (χ0v) is 11.8. The van der Waals surface area contributed by atoms with Gasteiger partial charge in [-0.3, -0.25) is 9.78 Å². The molecule has 0 saturated carbocycles. The lowest BCUT2D eigenvalue weighted by Gasteiger charge is -2.01. The van der Waals surface area contributed by atoms with Gasteiger partial charge in [-0.25, -0.2) is 0 Å². The summed E-state index contributed by atoms with van der Waals surface area (Å²) in [5.74, 6) is -0.125. The lowest BCUT2D eigenvalue weighted by atomic mass is 10.2. The molecular weight excluding hydrogens is 304 g/mol. The summed E-state index contributed by atoms with van der Waals surface area (Å²) in [7, 11) is 0. The Morgan fingerprint density at radius 1 is 1.26 bits per heavy atom. The molecule has 0 spiro atoms. The number of pyridine rings is 1. The molecule has 2 aromatic rings. The van der Waals surface area contributed by atoms with Gasteiger partial charge in [0.05, 0.1) is 0 Å². The average Bonchev–Trinajstić information content (AvgIpc) is 2.45. The highest BCUT2D eigenvalue weighted by Crippen LogP contribution is 2.16. The van der Waals surface area contributed by atoms with Crippen LogP contribution in [-0.4, -0.2) is 10.9 Å². The van der Waals surface area contributed by atoms with Crippen LogP contribution >= 0.6 is 15.9 Å². The lowest BCUT2D eigenvalue weighted by molar-refractivity contribution is -0.116. The summed E-state index contributed by atoms with van der Waals surface area (Å²) in [4.78, 5) is 15.7. The smallest absolute Gasteiger partial charge is 0.244 e. The van der Waals surface area contributed by atoms with Gasteiger partial charge in [-0.05, 0) is 29.3 Å². The Balaban J connectivity index is 1.90. The first-order valence-corrected chi connectivity index (χ1v) is 6.64. The fraction of sp³-hybridized carbons (Fsp3) is 0.0667. The number of nitrogens with one attached hydrogen (secondary N) is 1. The summed E-state index contributed by atoms with van der Waals surface area (Å²) >= 11 is 3.43. The maximum atomic E-state index is 11.7. The van der Waals surface area contributed by atoms with Gasteiger partial charge in [-0.2, -0.15) is 0 Å². The predicted octanol–water partition coefficient (Wildman–Crippen LogP) is 3.17. The van der Waals surface area contributed by atoms with Gasteiger partial charge >= 0.3 is 0 Å². The number of rotatable bonds is 4. The first-order chi connectivity index (χ1) is 9.25. The van der Waals surface area contributed by atoms with Gasteiger partial charge in [0.25, 0.3) is 0 Å². The van der Waals surface area contributed by atoms with Crippen molar-refractivity contribution < 1.29 is 4.79 Å². The number of nitrogens with zero attached hydrogens (tertiary/aromatic N) is 1. The molecule has 0 radical (unpaired) electrons. The molecule has 1 N–H and O–H groups in total. The minimum atomic E-state index is -0.125. The van der Waals surface area contributed by atoms with E-state index in [-0.39, 0.29) is 5.91 Å². The van der Waals surface area contributed by atoms with E-state index in [0.717, 1.165) is 15.6 Å². The second-order valence-electron chi connectivity index (χ2n) is 3.93. The van der Waals surface area contributed by atoms with E-state index in [2.05, 4.69) is 26.2 Å². The maximum Gasteiger partial charge on any atom is 0.244 e. The van der Waals surface area contributed by atoms with Crippen molar-refractivity contribution in [3.8, 4) is 0 Å². The largest absolute Gasteiger partial charge is 0.348 e. The van der Waals surface area contributed by atoms with E-state index in [1.807, 2.05) is 36.4 Å². The number of carbonyl (C=O) groups excluding carboxylic acids is 1. The third-order valence-corrected chi connectivity index (χ3v) is 3.23. The van der Waals surface area contributed by atoms with Crippen LogP contribution in [0.25, 0.3) is 6.08 Å². The summed E-state index contributed by atoms with van der Waals surface area (Å²) in [6.07, 6.45) is 6.75. The second-order valence-corrected chi connectivity index (χ2v) is 4.79. The minimum absolute atomic E-state index is 0.125. The topological polar surface area (TPSA) is 42.0 Å². The van der Waals surface area contributed by atoms with Crippen molar-refractivity contribution >= 4 is 27.9 Å². The van der Waals surface area contributed by atoms with E-state index in [1.54, 1.807) is 18.5 Å². The van der Waals surface area contributed by atoms with E-state index in [1.165, 1.54) is 6.08 Å². The van der Waals surface area contributed by atoms with Crippen molar-refractivity contribution in [3.05, 3.63) is 70.5 Å². The van der Waals surface area contributed by atoms with E-state index < -0.39 is 0 Å². The quantitative estimate of drug-likeness (QED) is 0.880. The van der Waals surface area contributed by atoms with E-state index in [0.29, 0.717) is 6.54 Å². The Labute approximate surface area is 120 Å². The molecule has 1 aromatic heterocycles. The van der Waals surface area contributed by atoms with E-state index in [4.69, 9.17) is 0 Å². The molecule has 0 atom stereocenters. The molecule has 2 rings (SSSR count). The van der Waals surface area contributed by atoms with Crippen LogP contribution in [0.1, 0.15) is 11.1 Å². The third kappa shape index (κ3) is 4.34. The average molecular weight is 317 g/mol. The summed E-state index contributed by atoms with van der Waals surface area (Å²) in [6.45, 7) is 0.479. The molecule has 0 aliphatic heterocycles. The molecule has 0 aliphatic rings. The first-order valence-electron chi connectivity index (χ1n) is 5.85. The lowest BCUT2D eigenvalue weighted by Crippen LogP contribution is -2.20. The number of aromatic nitrogens is 1. The fourth-order valence-electron chi connectivity index (χ4n) is 1.53. The van der Waals surface area contributed by atoms with Crippen molar-refractivity contribution in [2.75, 3.05) is 0 Å². The van der Waals surface area contributed by atoms with Gasteiger partial charge in [-0.15, -0.1) is 0 Å². The molecule has 1 heterocycles. The highest BCUT2D eigenvalue weighted by molar-refractivity contribution is 9.10. The van der Waals surface area contributed by atoms with E-state index in [9.17, 15) is 4.79 Å². The van der Waals surface area contributed by atoms with Gasteiger partial charge in [0, 0.05) is 29.5 Å². The van der Waals surface area contributed by atoms with Gasteiger partial charge in [0.15, 0.2) is 0 Å². The zero-order valence-electron chi connectivity index (χ0n) is 10.2. The summed E-state index contributed by atoms with van der Waals surface area (Å²) in [5.41, 5.74) is 1.95. The molecule has 0 aliphatic carbocycles. The van der Waals surface area contributed by atoms with Crippen molar-refractivity contribution in [2.45, 2.75) is 6.54 Å². The predicted molar refractivity (Wildman–Crippen MR) is 79.3 cm³/mol. The summed E-state index contributed by atoms with van der Waals surface area (Å²) in [5, 5.41) is 2.81. The van der Waals surface area contributed by atoms with Crippen molar-refractivity contribution in [3.63, 3.8) is 0 Å². The zero-order chi connectivity index (χ0) is 13.5. The van der Waals surface area contributed by atoms with E-state index >= 15 is 0 Å². The van der Waals surface area contributed by atoms with Crippen molar-refractivity contribution in [1.82, 2.24) is 10.3 Å². The monoisotopic (exact) mass is 316 g/mol. The molecule has 0 bridgehead atoms. The van der Waals surface area contributed by atoms with Gasteiger partial charge in [0.1, 0.15) is 0 Å². The minimum Gasteiger partial charge on any atom is -0.348 e. The Morgan fingerprint density at radius 3 is 2.84 bits per heavy atom. The summed E-state index contributed by atoms with van der Waals surface area (Å²) in [6, 6.07) is 11.5. The van der Waals surface area contributed by atoms with Gasteiger partial charge in [-0.1, -0.05) is 40.2 Å². The number of hydrogen-bond acceptors (Lipinski definition) is 2. The molecule has 19 heavy (non-hydrogen) atoms. The highest BCUT2D eigenvalue weighted by atomic mass is 79.9. The van der Waals surface area contributed by atoms with Crippen LogP contribution in [0, 0.1) is 0 Å². The van der Waals surface area contributed by atoms with Crippen molar-refractivity contribution in [2.24, 2.45) is 0 Å². The third-order valence-electron chi connectivity index (χ3n) is 2.51. The normalized spacial score (nSPS) is 10.6. The Bertz CT molecular complexity index is 582. The number of amides is 1. The molecule has 96 valence electrons. The Kier molecular flexibility index (Phi) is 4.86. The fourth-order valence-corrected chi connectivity index (χ4v) is 1.94.